The van der Waals surface area contributed by atoms with Crippen molar-refractivity contribution in [1.29, 1.82) is 0 Å². The highest BCUT2D eigenvalue weighted by atomic mass is 32.2. The van der Waals surface area contributed by atoms with Crippen LogP contribution in [-0.4, -0.2) is 45.2 Å². The van der Waals surface area contributed by atoms with Crippen LogP contribution in [0.1, 0.15) is 26.7 Å². The predicted octanol–water partition coefficient (Wildman–Crippen LogP) is 0.578. The van der Waals surface area contributed by atoms with Gasteiger partial charge in [-0.1, -0.05) is 0 Å². The highest BCUT2D eigenvalue weighted by Crippen LogP contribution is 2.14. The van der Waals surface area contributed by atoms with Gasteiger partial charge in [0.2, 0.25) is 0 Å². The molecule has 1 rings (SSSR count). The maximum absolute atomic E-state index is 11.1. The molecule has 90 valence electrons. The number of sulfone groups is 1. The maximum Gasteiger partial charge on any atom is 0.147 e. The van der Waals surface area contributed by atoms with Gasteiger partial charge in [0.1, 0.15) is 9.84 Å². The van der Waals surface area contributed by atoms with E-state index in [1.807, 2.05) is 13.8 Å². The number of nitrogens with one attached hydrogen (secondary N) is 1. The zero-order valence-corrected chi connectivity index (χ0v) is 10.6. The number of ether oxygens (including phenoxy) is 1. The second-order valence-electron chi connectivity index (χ2n) is 4.97. The third-order valence-corrected chi connectivity index (χ3v) is 3.57. The SMILES string of the molecule is CC(C)(CCS(C)(=O)=O)NC1CCOC1. The Bertz CT molecular complexity index is 292. The van der Waals surface area contributed by atoms with Crippen LogP contribution in [0.15, 0.2) is 0 Å². The third-order valence-electron chi connectivity index (χ3n) is 2.62. The van der Waals surface area contributed by atoms with Gasteiger partial charge in [-0.15, -0.1) is 0 Å². The average molecular weight is 235 g/mol. The molecule has 1 aliphatic heterocycles. The van der Waals surface area contributed by atoms with Crippen molar-refractivity contribution in [2.24, 2.45) is 0 Å². The van der Waals surface area contributed by atoms with Crippen LogP contribution in [0, 0.1) is 0 Å². The first-order valence-corrected chi connectivity index (χ1v) is 7.38. The molecular weight excluding hydrogens is 214 g/mol. The summed E-state index contributed by atoms with van der Waals surface area (Å²) in [6.45, 7) is 5.62. The minimum absolute atomic E-state index is 0.137. The normalized spacial score (nSPS) is 23.3. The molecule has 5 heteroatoms. The van der Waals surface area contributed by atoms with E-state index in [9.17, 15) is 8.42 Å². The van der Waals surface area contributed by atoms with Crippen LogP contribution < -0.4 is 5.32 Å². The maximum atomic E-state index is 11.1. The second-order valence-corrected chi connectivity index (χ2v) is 7.23. The van der Waals surface area contributed by atoms with Gasteiger partial charge in [-0.3, -0.25) is 0 Å². The number of rotatable bonds is 5. The van der Waals surface area contributed by atoms with E-state index in [1.54, 1.807) is 0 Å². The molecule has 15 heavy (non-hydrogen) atoms. The Morgan fingerprint density at radius 2 is 2.13 bits per heavy atom. The van der Waals surface area contributed by atoms with Gasteiger partial charge in [0, 0.05) is 24.4 Å². The first kappa shape index (κ1) is 12.9. The van der Waals surface area contributed by atoms with Crippen LogP contribution in [-0.2, 0) is 14.6 Å². The van der Waals surface area contributed by atoms with Gasteiger partial charge in [0.25, 0.3) is 0 Å². The van der Waals surface area contributed by atoms with Crippen molar-refractivity contribution in [3.63, 3.8) is 0 Å². The molecule has 4 nitrogen and oxygen atoms in total. The molecule has 0 aromatic carbocycles. The molecule has 1 atom stereocenters. The predicted molar refractivity (Wildman–Crippen MR) is 60.8 cm³/mol. The molecule has 1 fully saturated rings. The summed E-state index contributed by atoms with van der Waals surface area (Å²) in [5, 5.41) is 3.44. The van der Waals surface area contributed by atoms with Crippen molar-refractivity contribution < 1.29 is 13.2 Å². The molecule has 0 aliphatic carbocycles. The molecule has 0 saturated carbocycles. The van der Waals surface area contributed by atoms with E-state index in [0.717, 1.165) is 19.6 Å². The Balaban J connectivity index is 2.37. The Hall–Kier alpha value is -0.130. The zero-order chi connectivity index (χ0) is 11.5. The van der Waals surface area contributed by atoms with Crippen LogP contribution in [0.5, 0.6) is 0 Å². The van der Waals surface area contributed by atoms with Crippen LogP contribution in [0.4, 0.5) is 0 Å². The van der Waals surface area contributed by atoms with Crippen molar-refractivity contribution in [3.05, 3.63) is 0 Å². The van der Waals surface area contributed by atoms with Gasteiger partial charge < -0.3 is 10.1 Å². The highest BCUT2D eigenvalue weighted by Gasteiger charge is 2.25. The highest BCUT2D eigenvalue weighted by molar-refractivity contribution is 7.90. The minimum Gasteiger partial charge on any atom is -0.380 e. The van der Waals surface area contributed by atoms with Crippen molar-refractivity contribution in [2.45, 2.75) is 38.3 Å². The first-order chi connectivity index (χ1) is 6.79. The summed E-state index contributed by atoms with van der Waals surface area (Å²) in [7, 11) is -2.86. The van der Waals surface area contributed by atoms with Crippen LogP contribution in [0.25, 0.3) is 0 Å². The average Bonchev–Trinajstić information content (AvgIpc) is 2.52. The topological polar surface area (TPSA) is 55.4 Å². The summed E-state index contributed by atoms with van der Waals surface area (Å²) in [5.41, 5.74) is -0.137. The van der Waals surface area contributed by atoms with E-state index in [4.69, 9.17) is 4.74 Å². The summed E-state index contributed by atoms with van der Waals surface area (Å²) in [5.74, 6) is 0.237. The summed E-state index contributed by atoms with van der Waals surface area (Å²) in [4.78, 5) is 0. The lowest BCUT2D eigenvalue weighted by atomic mass is 10.0. The molecular formula is C10H21NO3S. The van der Waals surface area contributed by atoms with Gasteiger partial charge in [-0.25, -0.2) is 8.42 Å². The molecule has 0 amide bonds. The van der Waals surface area contributed by atoms with Gasteiger partial charge in [-0.05, 0) is 26.7 Å². The van der Waals surface area contributed by atoms with E-state index in [2.05, 4.69) is 5.32 Å². The molecule has 0 aromatic heterocycles. The quantitative estimate of drug-likeness (QED) is 0.757. The third kappa shape index (κ3) is 5.49. The van der Waals surface area contributed by atoms with Crippen LogP contribution in [0.2, 0.25) is 0 Å². The Morgan fingerprint density at radius 1 is 1.47 bits per heavy atom. The summed E-state index contributed by atoms with van der Waals surface area (Å²) >= 11 is 0. The Labute approximate surface area is 92.3 Å². The van der Waals surface area contributed by atoms with Crippen LogP contribution in [0.3, 0.4) is 0 Å². The second kappa shape index (κ2) is 4.80. The largest absolute Gasteiger partial charge is 0.380 e. The fraction of sp³-hybridized carbons (Fsp3) is 1.00. The molecule has 0 spiro atoms. The van der Waals surface area contributed by atoms with Crippen molar-refractivity contribution >= 4 is 9.84 Å². The molecule has 1 unspecified atom stereocenters. The fourth-order valence-corrected chi connectivity index (χ4v) is 2.59. The zero-order valence-electron chi connectivity index (χ0n) is 9.75. The van der Waals surface area contributed by atoms with Gasteiger partial charge >= 0.3 is 0 Å². The smallest absolute Gasteiger partial charge is 0.147 e. The lowest BCUT2D eigenvalue weighted by Gasteiger charge is -2.29. The van der Waals surface area contributed by atoms with E-state index in [-0.39, 0.29) is 11.3 Å². The number of hydrogen-bond acceptors (Lipinski definition) is 4. The van der Waals surface area contributed by atoms with Crippen LogP contribution >= 0.6 is 0 Å². The van der Waals surface area contributed by atoms with Gasteiger partial charge in [0.05, 0.1) is 12.4 Å². The van der Waals surface area contributed by atoms with E-state index in [0.29, 0.717) is 12.5 Å². The molecule has 1 N–H and O–H groups in total. The summed E-state index contributed by atoms with van der Waals surface area (Å²) in [6, 6.07) is 0.375. The molecule has 0 aromatic rings. The van der Waals surface area contributed by atoms with E-state index < -0.39 is 9.84 Å². The molecule has 1 aliphatic rings. The fourth-order valence-electron chi connectivity index (χ4n) is 1.71. The molecule has 0 bridgehead atoms. The van der Waals surface area contributed by atoms with Crippen molar-refractivity contribution in [1.82, 2.24) is 5.32 Å². The number of hydrogen-bond donors (Lipinski definition) is 1. The standard InChI is InChI=1S/C10H21NO3S/c1-10(2,5-7-15(3,12)13)11-9-4-6-14-8-9/h9,11H,4-8H2,1-3H3. The minimum atomic E-state index is -2.86. The molecule has 1 heterocycles. The lowest BCUT2D eigenvalue weighted by Crippen LogP contribution is -2.47. The van der Waals surface area contributed by atoms with Crippen molar-refractivity contribution in [3.8, 4) is 0 Å². The molecule has 0 radical (unpaired) electrons. The van der Waals surface area contributed by atoms with E-state index >= 15 is 0 Å². The summed E-state index contributed by atoms with van der Waals surface area (Å²) < 4.78 is 27.4. The van der Waals surface area contributed by atoms with Crippen molar-refractivity contribution in [2.75, 3.05) is 25.2 Å². The summed E-state index contributed by atoms with van der Waals surface area (Å²) in [6.07, 6.45) is 2.94. The monoisotopic (exact) mass is 235 g/mol. The Kier molecular flexibility index (Phi) is 4.14. The Morgan fingerprint density at radius 3 is 2.60 bits per heavy atom. The van der Waals surface area contributed by atoms with E-state index in [1.165, 1.54) is 6.26 Å². The lowest BCUT2D eigenvalue weighted by molar-refractivity contribution is 0.183. The van der Waals surface area contributed by atoms with Gasteiger partial charge in [0.15, 0.2) is 0 Å². The van der Waals surface area contributed by atoms with Gasteiger partial charge in [-0.2, -0.15) is 0 Å². The first-order valence-electron chi connectivity index (χ1n) is 5.32. The molecule has 1 saturated heterocycles.